The zero-order valence-electron chi connectivity index (χ0n) is 20.1. The Labute approximate surface area is 238 Å². The molecule has 7 nitrogen and oxygen atoms in total. The zero-order valence-corrected chi connectivity index (χ0v) is 22.4. The maximum atomic E-state index is 13.8. The molecular weight excluding hydrogens is 561 g/mol. The van der Waals surface area contributed by atoms with Gasteiger partial charge in [0.05, 0.1) is 14.8 Å². The average Bonchev–Trinajstić information content (AvgIpc) is 2.95. The van der Waals surface area contributed by atoms with E-state index in [-0.39, 0.29) is 32.0 Å². The number of thioether (sulfide) groups is 1. The van der Waals surface area contributed by atoms with Crippen LogP contribution in [0.2, 0.25) is 10.0 Å². The van der Waals surface area contributed by atoms with Crippen LogP contribution in [0.1, 0.15) is 15.9 Å². The summed E-state index contributed by atoms with van der Waals surface area (Å²) in [6, 6.07) is 27.4. The molecule has 0 unspecified atom stereocenters. The lowest BCUT2D eigenvalue weighted by molar-refractivity contribution is -0.387. The molecule has 0 N–H and O–H groups in total. The summed E-state index contributed by atoms with van der Waals surface area (Å²) in [5.41, 5.74) is 0.535. The standard InChI is InChI=1S/C29H19Cl2NO6S/c30-21-15-16-24(22(31)17-21)37-18-26(33)38-28(20-11-5-2-6-12-20)29(27(34)19-9-3-1-4-10-19)39-25-14-8-7-13-23(25)32(35)36/h1-17H,18H2. The van der Waals surface area contributed by atoms with Crippen LogP contribution in [0.5, 0.6) is 5.75 Å². The number of hydrogen-bond donors (Lipinski definition) is 0. The predicted molar refractivity (Wildman–Crippen MR) is 151 cm³/mol. The van der Waals surface area contributed by atoms with Crippen LogP contribution in [0.3, 0.4) is 0 Å². The van der Waals surface area contributed by atoms with E-state index in [9.17, 15) is 19.7 Å². The first kappa shape index (κ1) is 27.9. The zero-order chi connectivity index (χ0) is 27.8. The molecule has 0 aliphatic rings. The van der Waals surface area contributed by atoms with E-state index in [0.717, 1.165) is 11.8 Å². The molecule has 4 aromatic rings. The molecule has 0 aromatic heterocycles. The number of carbonyl (C=O) groups excluding carboxylic acids is 2. The molecule has 4 aromatic carbocycles. The fourth-order valence-corrected chi connectivity index (χ4v) is 4.96. The third-order valence-corrected chi connectivity index (χ3v) is 6.88. The molecule has 0 spiro atoms. The molecule has 0 radical (unpaired) electrons. The fraction of sp³-hybridized carbons (Fsp3) is 0.0345. The highest BCUT2D eigenvalue weighted by molar-refractivity contribution is 8.04. The number of nitrogens with zero attached hydrogens (tertiary/aromatic N) is 1. The summed E-state index contributed by atoms with van der Waals surface area (Å²) in [5, 5.41) is 12.3. The van der Waals surface area contributed by atoms with Crippen LogP contribution in [-0.4, -0.2) is 23.3 Å². The molecule has 0 fully saturated rings. The molecule has 10 heteroatoms. The van der Waals surface area contributed by atoms with Gasteiger partial charge in [-0.25, -0.2) is 4.79 Å². The molecule has 0 atom stereocenters. The number of halogens is 2. The summed E-state index contributed by atoms with van der Waals surface area (Å²) in [6.45, 7) is -0.527. The Morgan fingerprint density at radius 3 is 2.08 bits per heavy atom. The monoisotopic (exact) mass is 579 g/mol. The predicted octanol–water partition coefficient (Wildman–Crippen LogP) is 7.87. The van der Waals surface area contributed by atoms with Crippen LogP contribution in [0.4, 0.5) is 5.69 Å². The first-order chi connectivity index (χ1) is 18.8. The van der Waals surface area contributed by atoms with Gasteiger partial charge in [0.2, 0.25) is 5.78 Å². The van der Waals surface area contributed by atoms with E-state index in [1.54, 1.807) is 72.8 Å². The summed E-state index contributed by atoms with van der Waals surface area (Å²) in [7, 11) is 0. The molecule has 39 heavy (non-hydrogen) atoms. The fourth-order valence-electron chi connectivity index (χ4n) is 3.42. The number of hydrogen-bond acceptors (Lipinski definition) is 7. The summed E-state index contributed by atoms with van der Waals surface area (Å²) in [5.74, 6) is -1.14. The van der Waals surface area contributed by atoms with Crippen LogP contribution >= 0.6 is 35.0 Å². The second-order valence-electron chi connectivity index (χ2n) is 7.88. The van der Waals surface area contributed by atoms with Crippen molar-refractivity contribution in [1.29, 1.82) is 0 Å². The first-order valence-corrected chi connectivity index (χ1v) is 13.0. The lowest BCUT2D eigenvalue weighted by atomic mass is 10.1. The molecule has 0 aliphatic heterocycles. The van der Waals surface area contributed by atoms with Crippen LogP contribution in [0.25, 0.3) is 5.76 Å². The third-order valence-electron chi connectivity index (χ3n) is 5.21. The second-order valence-corrected chi connectivity index (χ2v) is 9.78. The van der Waals surface area contributed by atoms with Crippen LogP contribution in [0, 0.1) is 10.1 Å². The molecule has 196 valence electrons. The molecule has 0 bridgehead atoms. The number of benzene rings is 4. The number of ether oxygens (including phenoxy) is 2. The highest BCUT2D eigenvalue weighted by Crippen LogP contribution is 2.40. The Bertz CT molecular complexity index is 1540. The van der Waals surface area contributed by atoms with Crippen molar-refractivity contribution in [2.75, 3.05) is 6.61 Å². The highest BCUT2D eigenvalue weighted by atomic mass is 35.5. The average molecular weight is 580 g/mol. The van der Waals surface area contributed by atoms with Gasteiger partial charge in [-0.3, -0.25) is 14.9 Å². The van der Waals surface area contributed by atoms with Gasteiger partial charge in [-0.1, -0.05) is 108 Å². The molecule has 0 amide bonds. The van der Waals surface area contributed by atoms with Crippen molar-refractivity contribution in [3.05, 3.63) is 139 Å². The topological polar surface area (TPSA) is 95.7 Å². The van der Waals surface area contributed by atoms with E-state index in [4.69, 9.17) is 32.7 Å². The van der Waals surface area contributed by atoms with Gasteiger partial charge in [-0.15, -0.1) is 0 Å². The number of esters is 1. The van der Waals surface area contributed by atoms with E-state index in [0.29, 0.717) is 16.1 Å². The Balaban J connectivity index is 1.77. The maximum absolute atomic E-state index is 13.8. The van der Waals surface area contributed by atoms with E-state index in [1.165, 1.54) is 30.3 Å². The van der Waals surface area contributed by atoms with E-state index in [1.807, 2.05) is 0 Å². The van der Waals surface area contributed by atoms with Gasteiger partial charge in [0.25, 0.3) is 5.69 Å². The number of Topliss-reactive ketones (excluding diaryl/α,β-unsaturated/α-hetero) is 1. The van der Waals surface area contributed by atoms with Gasteiger partial charge in [-0.05, 0) is 24.3 Å². The molecule has 0 heterocycles. The minimum Gasteiger partial charge on any atom is -0.480 e. The van der Waals surface area contributed by atoms with Crippen LogP contribution in [-0.2, 0) is 9.53 Å². The van der Waals surface area contributed by atoms with Gasteiger partial charge in [0.1, 0.15) is 10.7 Å². The lowest BCUT2D eigenvalue weighted by Gasteiger charge is -2.16. The second kappa shape index (κ2) is 13.1. The largest absolute Gasteiger partial charge is 0.480 e. The number of rotatable bonds is 10. The van der Waals surface area contributed by atoms with E-state index >= 15 is 0 Å². The summed E-state index contributed by atoms with van der Waals surface area (Å²) < 4.78 is 11.2. The minimum absolute atomic E-state index is 0.0143. The van der Waals surface area contributed by atoms with Crippen LogP contribution < -0.4 is 4.74 Å². The van der Waals surface area contributed by atoms with E-state index < -0.39 is 23.3 Å². The minimum atomic E-state index is -0.818. The number of nitro groups is 1. The van der Waals surface area contributed by atoms with Gasteiger partial charge in [0.15, 0.2) is 12.4 Å². The SMILES string of the molecule is O=C(COc1ccc(Cl)cc1Cl)OC(=C(Sc1ccccc1[N+](=O)[O-])C(=O)c1ccccc1)c1ccccc1. The number of allylic oxidation sites excluding steroid dienone is 1. The highest BCUT2D eigenvalue weighted by Gasteiger charge is 2.26. The lowest BCUT2D eigenvalue weighted by Crippen LogP contribution is -2.16. The third kappa shape index (κ3) is 7.26. The number of ketones is 1. The summed E-state index contributed by atoms with van der Waals surface area (Å²) >= 11 is 12.9. The van der Waals surface area contributed by atoms with Gasteiger partial charge in [-0.2, -0.15) is 0 Å². The molecule has 4 rings (SSSR count). The van der Waals surface area contributed by atoms with E-state index in [2.05, 4.69) is 0 Å². The molecule has 0 aliphatic carbocycles. The van der Waals surface area contributed by atoms with Crippen LogP contribution in [0.15, 0.2) is 113 Å². The Hall–Kier alpha value is -4.11. The smallest absolute Gasteiger partial charge is 0.349 e. The Kier molecular flexibility index (Phi) is 9.38. The van der Waals surface area contributed by atoms with Crippen molar-refractivity contribution >= 4 is 58.2 Å². The van der Waals surface area contributed by atoms with Gasteiger partial charge < -0.3 is 9.47 Å². The Morgan fingerprint density at radius 1 is 0.821 bits per heavy atom. The summed E-state index contributed by atoms with van der Waals surface area (Å²) in [4.78, 5) is 38.1. The van der Waals surface area contributed by atoms with Gasteiger partial charge >= 0.3 is 5.97 Å². The van der Waals surface area contributed by atoms with Crippen molar-refractivity contribution in [2.45, 2.75) is 4.90 Å². The van der Waals surface area contributed by atoms with Crippen molar-refractivity contribution in [3.63, 3.8) is 0 Å². The van der Waals surface area contributed by atoms with Crippen molar-refractivity contribution in [2.24, 2.45) is 0 Å². The molecule has 0 saturated carbocycles. The number of nitro benzene ring substituents is 1. The molecular formula is C29H19Cl2NO6S. The van der Waals surface area contributed by atoms with Crippen molar-refractivity contribution < 1.29 is 24.0 Å². The quantitative estimate of drug-likeness (QED) is 0.0358. The molecule has 0 saturated heterocycles. The van der Waals surface area contributed by atoms with Crippen molar-refractivity contribution in [1.82, 2.24) is 0 Å². The number of para-hydroxylation sites is 1. The Morgan fingerprint density at radius 2 is 1.44 bits per heavy atom. The normalized spacial score (nSPS) is 11.3. The first-order valence-electron chi connectivity index (χ1n) is 11.4. The van der Waals surface area contributed by atoms with Gasteiger partial charge in [0, 0.05) is 22.2 Å². The maximum Gasteiger partial charge on any atom is 0.349 e. The summed E-state index contributed by atoms with van der Waals surface area (Å²) in [6.07, 6.45) is 0. The van der Waals surface area contributed by atoms with Crippen molar-refractivity contribution in [3.8, 4) is 5.75 Å². The number of carbonyl (C=O) groups is 2.